The standard InChI is InChI=1S/C21H18N2O3/c1-25-19-11-6-8-17(14-19)21(24)23-22-15-16-7-5-12-20(13-16)26-18-9-3-2-4-10-18/h2-15H,1H3,(H,23,24)/b22-15+. The summed E-state index contributed by atoms with van der Waals surface area (Å²) < 4.78 is 10.9. The number of carbonyl (C=O) groups excluding carboxylic acids is 1. The number of benzene rings is 3. The fourth-order valence-corrected chi connectivity index (χ4v) is 2.28. The average Bonchev–Trinajstić information content (AvgIpc) is 2.69. The van der Waals surface area contributed by atoms with Crippen LogP contribution in [-0.2, 0) is 0 Å². The van der Waals surface area contributed by atoms with Crippen LogP contribution in [0.1, 0.15) is 15.9 Å². The van der Waals surface area contributed by atoms with Gasteiger partial charge in [-0.2, -0.15) is 5.10 Å². The van der Waals surface area contributed by atoms with Crippen LogP contribution in [0.3, 0.4) is 0 Å². The zero-order valence-corrected chi connectivity index (χ0v) is 14.3. The molecule has 0 atom stereocenters. The Morgan fingerprint density at radius 3 is 2.42 bits per heavy atom. The van der Waals surface area contributed by atoms with Crippen LogP contribution in [0.5, 0.6) is 17.2 Å². The lowest BCUT2D eigenvalue weighted by atomic mass is 10.2. The Kier molecular flexibility index (Phi) is 5.62. The van der Waals surface area contributed by atoms with E-state index in [1.54, 1.807) is 37.6 Å². The number of hydrazone groups is 1. The van der Waals surface area contributed by atoms with Gasteiger partial charge in [-0.1, -0.05) is 36.4 Å². The monoisotopic (exact) mass is 346 g/mol. The maximum atomic E-state index is 12.1. The van der Waals surface area contributed by atoms with Crippen molar-refractivity contribution in [2.45, 2.75) is 0 Å². The van der Waals surface area contributed by atoms with E-state index in [0.29, 0.717) is 17.1 Å². The van der Waals surface area contributed by atoms with Crippen molar-refractivity contribution in [3.8, 4) is 17.2 Å². The first kappa shape index (κ1) is 17.2. The predicted octanol–water partition coefficient (Wildman–Crippen LogP) is 4.25. The third-order valence-corrected chi connectivity index (χ3v) is 3.55. The third-order valence-electron chi connectivity index (χ3n) is 3.55. The number of para-hydroxylation sites is 1. The molecule has 3 aromatic rings. The predicted molar refractivity (Wildman–Crippen MR) is 101 cm³/mol. The molecule has 0 unspecified atom stereocenters. The highest BCUT2D eigenvalue weighted by molar-refractivity contribution is 5.95. The van der Waals surface area contributed by atoms with Gasteiger partial charge in [0.05, 0.1) is 13.3 Å². The lowest BCUT2D eigenvalue weighted by Crippen LogP contribution is -2.17. The van der Waals surface area contributed by atoms with E-state index in [1.807, 2.05) is 54.6 Å². The summed E-state index contributed by atoms with van der Waals surface area (Å²) in [6.45, 7) is 0. The van der Waals surface area contributed by atoms with Crippen LogP contribution in [0, 0.1) is 0 Å². The molecule has 0 fully saturated rings. The molecule has 0 aromatic heterocycles. The number of hydrogen-bond donors (Lipinski definition) is 1. The fourth-order valence-electron chi connectivity index (χ4n) is 2.28. The molecule has 130 valence electrons. The summed E-state index contributed by atoms with van der Waals surface area (Å²) in [6, 6.07) is 23.8. The van der Waals surface area contributed by atoms with Crippen LogP contribution in [-0.4, -0.2) is 19.2 Å². The number of amides is 1. The molecule has 26 heavy (non-hydrogen) atoms. The van der Waals surface area contributed by atoms with Crippen molar-refractivity contribution in [3.05, 3.63) is 90.0 Å². The first-order valence-electron chi connectivity index (χ1n) is 8.05. The highest BCUT2D eigenvalue weighted by atomic mass is 16.5. The molecule has 5 nitrogen and oxygen atoms in total. The van der Waals surface area contributed by atoms with Crippen molar-refractivity contribution in [2.75, 3.05) is 7.11 Å². The van der Waals surface area contributed by atoms with Crippen LogP contribution in [0.4, 0.5) is 0 Å². The highest BCUT2D eigenvalue weighted by Crippen LogP contribution is 2.21. The number of carbonyl (C=O) groups is 1. The second-order valence-corrected chi connectivity index (χ2v) is 5.42. The van der Waals surface area contributed by atoms with Crippen molar-refractivity contribution in [1.29, 1.82) is 0 Å². The molecule has 0 heterocycles. The second kappa shape index (κ2) is 8.48. The summed E-state index contributed by atoms with van der Waals surface area (Å²) in [5.41, 5.74) is 3.79. The zero-order chi connectivity index (χ0) is 18.2. The maximum absolute atomic E-state index is 12.1. The summed E-state index contributed by atoms with van der Waals surface area (Å²) in [7, 11) is 1.56. The van der Waals surface area contributed by atoms with Crippen molar-refractivity contribution >= 4 is 12.1 Å². The normalized spacial score (nSPS) is 10.5. The van der Waals surface area contributed by atoms with Crippen LogP contribution < -0.4 is 14.9 Å². The Hall–Kier alpha value is -3.60. The SMILES string of the molecule is COc1cccc(C(=O)N/N=C/c2cccc(Oc3ccccc3)c2)c1. The first-order valence-corrected chi connectivity index (χ1v) is 8.05. The van der Waals surface area contributed by atoms with E-state index < -0.39 is 0 Å². The van der Waals surface area contributed by atoms with Crippen LogP contribution in [0.25, 0.3) is 0 Å². The summed E-state index contributed by atoms with van der Waals surface area (Å²) in [5, 5.41) is 4.00. The smallest absolute Gasteiger partial charge is 0.271 e. The van der Waals surface area contributed by atoms with Crippen LogP contribution in [0.15, 0.2) is 84.0 Å². The van der Waals surface area contributed by atoms with Gasteiger partial charge in [-0.25, -0.2) is 5.43 Å². The molecule has 1 N–H and O–H groups in total. The first-order chi connectivity index (χ1) is 12.7. The number of rotatable bonds is 6. The van der Waals surface area contributed by atoms with Gasteiger partial charge >= 0.3 is 0 Å². The summed E-state index contributed by atoms with van der Waals surface area (Å²) in [4.78, 5) is 12.1. The van der Waals surface area contributed by atoms with Crippen molar-refractivity contribution in [1.82, 2.24) is 5.43 Å². The van der Waals surface area contributed by atoms with Gasteiger partial charge in [0, 0.05) is 5.56 Å². The molecular weight excluding hydrogens is 328 g/mol. The number of nitrogens with one attached hydrogen (secondary N) is 1. The lowest BCUT2D eigenvalue weighted by Gasteiger charge is -2.06. The molecule has 0 aliphatic carbocycles. The molecule has 3 rings (SSSR count). The third kappa shape index (κ3) is 4.70. The van der Waals surface area contributed by atoms with Gasteiger partial charge < -0.3 is 9.47 Å². The summed E-state index contributed by atoms with van der Waals surface area (Å²) >= 11 is 0. The van der Waals surface area contributed by atoms with E-state index >= 15 is 0 Å². The minimum absolute atomic E-state index is 0.308. The van der Waals surface area contributed by atoms with Gasteiger partial charge in [-0.3, -0.25) is 4.79 Å². The minimum atomic E-state index is -0.308. The van der Waals surface area contributed by atoms with Crippen LogP contribution in [0.2, 0.25) is 0 Å². The number of hydrogen-bond acceptors (Lipinski definition) is 4. The number of ether oxygens (including phenoxy) is 2. The molecule has 1 amide bonds. The Labute approximate surface area is 151 Å². The zero-order valence-electron chi connectivity index (χ0n) is 14.3. The highest BCUT2D eigenvalue weighted by Gasteiger charge is 2.05. The van der Waals surface area contributed by atoms with Gasteiger partial charge in [0.1, 0.15) is 17.2 Å². The van der Waals surface area contributed by atoms with Crippen molar-refractivity contribution in [3.63, 3.8) is 0 Å². The van der Waals surface area contributed by atoms with E-state index in [2.05, 4.69) is 10.5 Å². The van der Waals surface area contributed by atoms with E-state index in [-0.39, 0.29) is 5.91 Å². The van der Waals surface area contributed by atoms with Crippen LogP contribution >= 0.6 is 0 Å². The average molecular weight is 346 g/mol. The van der Waals surface area contributed by atoms with Crippen molar-refractivity contribution in [2.24, 2.45) is 5.10 Å². The lowest BCUT2D eigenvalue weighted by molar-refractivity contribution is 0.0955. The molecular formula is C21H18N2O3. The largest absolute Gasteiger partial charge is 0.497 e. The molecule has 0 spiro atoms. The fraction of sp³-hybridized carbons (Fsp3) is 0.0476. The number of nitrogens with zero attached hydrogens (tertiary/aromatic N) is 1. The topological polar surface area (TPSA) is 59.9 Å². The summed E-state index contributed by atoms with van der Waals surface area (Å²) in [5.74, 6) is 1.76. The maximum Gasteiger partial charge on any atom is 0.271 e. The Morgan fingerprint density at radius 1 is 0.885 bits per heavy atom. The van der Waals surface area contributed by atoms with Gasteiger partial charge in [0.15, 0.2) is 0 Å². The molecule has 5 heteroatoms. The molecule has 0 bridgehead atoms. The van der Waals surface area contributed by atoms with Gasteiger partial charge in [-0.05, 0) is 48.0 Å². The molecule has 0 aliphatic rings. The second-order valence-electron chi connectivity index (χ2n) is 5.42. The minimum Gasteiger partial charge on any atom is -0.497 e. The number of methoxy groups -OCH3 is 1. The quantitative estimate of drug-likeness (QED) is 0.536. The Balaban J connectivity index is 1.63. The molecule has 0 aliphatic heterocycles. The van der Waals surface area contributed by atoms with E-state index in [0.717, 1.165) is 11.3 Å². The molecule has 3 aromatic carbocycles. The van der Waals surface area contributed by atoms with Gasteiger partial charge in [-0.15, -0.1) is 0 Å². The molecule has 0 radical (unpaired) electrons. The van der Waals surface area contributed by atoms with Gasteiger partial charge in [0.25, 0.3) is 5.91 Å². The Bertz CT molecular complexity index is 908. The van der Waals surface area contributed by atoms with E-state index in [4.69, 9.17) is 9.47 Å². The van der Waals surface area contributed by atoms with E-state index in [9.17, 15) is 4.79 Å². The Morgan fingerprint density at radius 2 is 1.62 bits per heavy atom. The van der Waals surface area contributed by atoms with Crippen molar-refractivity contribution < 1.29 is 14.3 Å². The molecule has 0 saturated carbocycles. The molecule has 0 saturated heterocycles. The van der Waals surface area contributed by atoms with E-state index in [1.165, 1.54) is 0 Å². The summed E-state index contributed by atoms with van der Waals surface area (Å²) in [6.07, 6.45) is 1.57. The van der Waals surface area contributed by atoms with Gasteiger partial charge in [0.2, 0.25) is 0 Å².